The zero-order valence-electron chi connectivity index (χ0n) is 22.4. The van der Waals surface area contributed by atoms with Crippen LogP contribution in [0.2, 0.25) is 5.02 Å². The first-order valence-electron chi connectivity index (χ1n) is 13.2. The zero-order valence-corrected chi connectivity index (χ0v) is 23.2. The van der Waals surface area contributed by atoms with Gasteiger partial charge in [0.05, 0.1) is 34.6 Å². The first kappa shape index (κ1) is 27.4. The number of ether oxygens (including phenoxy) is 1. The fourth-order valence-electron chi connectivity index (χ4n) is 6.42. The molecule has 216 valence electrons. The van der Waals surface area contributed by atoms with Gasteiger partial charge in [-0.25, -0.2) is 0 Å². The van der Waals surface area contributed by atoms with E-state index in [1.165, 1.54) is 18.7 Å². The number of fused-ring (bicyclic) bond motifs is 6. The lowest BCUT2D eigenvalue weighted by Crippen LogP contribution is -2.33. The molecule has 4 aromatic rings. The third-order valence-electron chi connectivity index (χ3n) is 8.37. The second kappa shape index (κ2) is 9.38. The molecule has 0 bridgehead atoms. The molecule has 0 amide bonds. The molecule has 6 rings (SSSR count). The van der Waals surface area contributed by atoms with E-state index in [1.807, 2.05) is 6.92 Å². The average molecular weight is 586 g/mol. The molecule has 2 aromatic heterocycles. The first-order chi connectivity index (χ1) is 19.5. The molecule has 2 heterocycles. The van der Waals surface area contributed by atoms with E-state index >= 15 is 0 Å². The maximum atomic E-state index is 13.7. The minimum Gasteiger partial charge on any atom is -0.507 e. The van der Waals surface area contributed by atoms with Crippen LogP contribution in [0.5, 0.6) is 23.0 Å². The van der Waals surface area contributed by atoms with Crippen molar-refractivity contribution in [2.24, 2.45) is 7.05 Å². The van der Waals surface area contributed by atoms with Gasteiger partial charge in [-0.3, -0.25) is 9.59 Å². The number of nitrogens with zero attached hydrogens (tertiary/aromatic N) is 1. The van der Waals surface area contributed by atoms with Crippen LogP contribution in [0, 0.1) is 0 Å². The Hall–Kier alpha value is -3.77. The maximum Gasteiger partial charge on any atom is 0.262 e. The van der Waals surface area contributed by atoms with Gasteiger partial charge in [0.2, 0.25) is 5.43 Å². The highest BCUT2D eigenvalue weighted by Gasteiger charge is 2.40. The summed E-state index contributed by atoms with van der Waals surface area (Å²) in [4.78, 5) is 27.2. The van der Waals surface area contributed by atoms with E-state index in [1.54, 1.807) is 0 Å². The molecule has 2 aliphatic rings. The number of pyridine rings is 1. The minimum absolute atomic E-state index is 0.00448. The Morgan fingerprint density at radius 3 is 2.27 bits per heavy atom. The summed E-state index contributed by atoms with van der Waals surface area (Å²) < 4.78 is 12.8. The molecule has 2 aliphatic carbocycles. The van der Waals surface area contributed by atoms with Crippen molar-refractivity contribution in [3.63, 3.8) is 0 Å². The van der Waals surface area contributed by atoms with Gasteiger partial charge < -0.3 is 44.4 Å². The van der Waals surface area contributed by atoms with E-state index in [0.29, 0.717) is 24.1 Å². The van der Waals surface area contributed by atoms with Crippen LogP contribution in [-0.2, 0) is 26.3 Å². The summed E-state index contributed by atoms with van der Waals surface area (Å²) in [6, 6.07) is 0. The minimum atomic E-state index is -1.69. The van der Waals surface area contributed by atoms with Gasteiger partial charge in [-0.15, -0.1) is 0 Å². The van der Waals surface area contributed by atoms with Crippen LogP contribution in [-0.4, -0.2) is 48.4 Å². The van der Waals surface area contributed by atoms with Gasteiger partial charge in [-0.05, 0) is 19.3 Å². The lowest BCUT2D eigenvalue weighted by Gasteiger charge is -2.30. The van der Waals surface area contributed by atoms with Gasteiger partial charge in [-0.1, -0.05) is 24.9 Å². The molecule has 41 heavy (non-hydrogen) atoms. The van der Waals surface area contributed by atoms with E-state index in [0.717, 1.165) is 0 Å². The van der Waals surface area contributed by atoms with Crippen LogP contribution in [0.25, 0.3) is 32.9 Å². The van der Waals surface area contributed by atoms with E-state index in [-0.39, 0.29) is 74.6 Å². The van der Waals surface area contributed by atoms with Crippen molar-refractivity contribution in [1.29, 1.82) is 0 Å². The molecular formula is C29H28ClNO10. The van der Waals surface area contributed by atoms with Crippen LogP contribution in [0.4, 0.5) is 0 Å². The van der Waals surface area contributed by atoms with Crippen LogP contribution in [0.3, 0.4) is 0 Å². The molecule has 11 nitrogen and oxygen atoms in total. The Balaban J connectivity index is 1.79. The highest BCUT2D eigenvalue weighted by molar-refractivity contribution is 6.37. The Bertz CT molecular complexity index is 1930. The summed E-state index contributed by atoms with van der Waals surface area (Å²) in [5.74, 6) is -1.72. The third kappa shape index (κ3) is 3.49. The van der Waals surface area contributed by atoms with Crippen molar-refractivity contribution in [3.8, 4) is 34.1 Å². The molecule has 0 fully saturated rings. The zero-order chi connectivity index (χ0) is 29.7. The van der Waals surface area contributed by atoms with E-state index in [4.69, 9.17) is 20.8 Å². The van der Waals surface area contributed by atoms with E-state index < -0.39 is 51.7 Å². The number of aromatic nitrogens is 1. The highest BCUT2D eigenvalue weighted by atomic mass is 35.5. The Labute approximate surface area is 237 Å². The summed E-state index contributed by atoms with van der Waals surface area (Å²) in [5.41, 5.74) is -1.20. The van der Waals surface area contributed by atoms with Gasteiger partial charge in [0.15, 0.2) is 11.3 Å². The lowest BCUT2D eigenvalue weighted by atomic mass is 9.80. The van der Waals surface area contributed by atoms with Gasteiger partial charge >= 0.3 is 0 Å². The van der Waals surface area contributed by atoms with Gasteiger partial charge in [0.1, 0.15) is 40.6 Å². The summed E-state index contributed by atoms with van der Waals surface area (Å²) in [6.45, 7) is 1.92. The number of phenols is 3. The molecule has 3 atom stereocenters. The van der Waals surface area contributed by atoms with Crippen molar-refractivity contribution >= 4 is 33.3 Å². The van der Waals surface area contributed by atoms with Gasteiger partial charge in [-0.2, -0.15) is 0 Å². The number of hydrogen-bond acceptors (Lipinski definition) is 10. The Morgan fingerprint density at radius 1 is 0.976 bits per heavy atom. The van der Waals surface area contributed by atoms with Crippen molar-refractivity contribution in [3.05, 3.63) is 53.7 Å². The SMILES string of the molecule is CCCc1c(Cl)c2c(O)c3c(c(O)c2c(=O)n1C)-c1c(c(OC)c2oc4c(c(=O)c2c1O)C(O)C(O)CC4O)CC3. The first-order valence-corrected chi connectivity index (χ1v) is 13.6. The standard InChI is InChI=1S/C29H28ClNO10/c1-4-5-11-20(30)16-17(29(39)31(11)2)23(36)14-9(21(16)34)6-7-10-15(14)24(37)19-25(38)18-22(35)12(32)8-13(33)27(18)41-28(19)26(10)40-3/h12-13,22,32-37H,4-8H2,1-3H3. The maximum absolute atomic E-state index is 13.7. The largest absolute Gasteiger partial charge is 0.507 e. The number of aliphatic hydroxyl groups excluding tert-OH is 3. The molecule has 0 radical (unpaired) electrons. The second-order valence-electron chi connectivity index (χ2n) is 10.6. The topological polar surface area (TPSA) is 183 Å². The van der Waals surface area contributed by atoms with E-state index in [9.17, 15) is 40.2 Å². The monoisotopic (exact) mass is 585 g/mol. The van der Waals surface area contributed by atoms with Crippen LogP contribution in [0.15, 0.2) is 14.0 Å². The molecular weight excluding hydrogens is 558 g/mol. The smallest absolute Gasteiger partial charge is 0.262 e. The molecule has 2 aromatic carbocycles. The number of aliphatic hydroxyl groups is 3. The Morgan fingerprint density at radius 2 is 1.61 bits per heavy atom. The van der Waals surface area contributed by atoms with E-state index in [2.05, 4.69) is 0 Å². The summed E-state index contributed by atoms with van der Waals surface area (Å²) >= 11 is 6.68. The van der Waals surface area contributed by atoms with Gasteiger partial charge in [0, 0.05) is 41.4 Å². The lowest BCUT2D eigenvalue weighted by molar-refractivity contribution is -0.0373. The molecule has 6 N–H and O–H groups in total. The second-order valence-corrected chi connectivity index (χ2v) is 11.0. The van der Waals surface area contributed by atoms with Crippen molar-refractivity contribution < 1.29 is 39.8 Å². The number of methoxy groups -OCH3 is 1. The molecule has 0 saturated carbocycles. The highest BCUT2D eigenvalue weighted by Crippen LogP contribution is 2.56. The fourth-order valence-corrected chi connectivity index (χ4v) is 6.83. The fraction of sp³-hybridized carbons (Fsp3) is 0.379. The van der Waals surface area contributed by atoms with Crippen LogP contribution in [0.1, 0.15) is 60.1 Å². The number of rotatable bonds is 3. The van der Waals surface area contributed by atoms with Crippen molar-refractivity contribution in [2.75, 3.05) is 7.11 Å². The molecule has 0 saturated heterocycles. The quantitative estimate of drug-likeness (QED) is 0.195. The van der Waals surface area contributed by atoms with Crippen LogP contribution < -0.4 is 15.7 Å². The molecule has 0 spiro atoms. The summed E-state index contributed by atoms with van der Waals surface area (Å²) in [7, 11) is 2.83. The third-order valence-corrected chi connectivity index (χ3v) is 8.78. The molecule has 3 unspecified atom stereocenters. The molecule has 12 heteroatoms. The predicted octanol–water partition coefficient (Wildman–Crippen LogP) is 2.97. The van der Waals surface area contributed by atoms with Crippen molar-refractivity contribution in [1.82, 2.24) is 4.57 Å². The number of aromatic hydroxyl groups is 3. The molecule has 0 aliphatic heterocycles. The average Bonchev–Trinajstić information content (AvgIpc) is 2.94. The summed E-state index contributed by atoms with van der Waals surface area (Å²) in [5, 5.41) is 65.4. The van der Waals surface area contributed by atoms with Gasteiger partial charge in [0.25, 0.3) is 5.56 Å². The number of phenolic OH excluding ortho intramolecular Hbond substituents is 3. The van der Waals surface area contributed by atoms with Crippen molar-refractivity contribution in [2.45, 2.75) is 57.3 Å². The predicted molar refractivity (Wildman–Crippen MR) is 149 cm³/mol. The van der Waals surface area contributed by atoms with Crippen LogP contribution >= 0.6 is 11.6 Å². The number of hydrogen-bond donors (Lipinski definition) is 6. The summed E-state index contributed by atoms with van der Waals surface area (Å²) in [6.07, 6.45) is -3.35. The number of halogens is 1. The number of benzene rings is 2. The Kier molecular flexibility index (Phi) is 6.27. The normalized spacial score (nSPS) is 19.7.